The summed E-state index contributed by atoms with van der Waals surface area (Å²) < 4.78 is 0. The predicted octanol–water partition coefficient (Wildman–Crippen LogP) is 1.66. The van der Waals surface area contributed by atoms with Gasteiger partial charge in [0.2, 0.25) is 5.91 Å². The predicted molar refractivity (Wildman–Crippen MR) is 70.2 cm³/mol. The van der Waals surface area contributed by atoms with Crippen LogP contribution in [0, 0.1) is 5.92 Å². The molecule has 0 bridgehead atoms. The second-order valence-corrected chi connectivity index (χ2v) is 5.61. The molecule has 0 saturated heterocycles. The van der Waals surface area contributed by atoms with Crippen molar-refractivity contribution >= 4 is 5.91 Å². The van der Waals surface area contributed by atoms with Crippen LogP contribution in [0.25, 0.3) is 0 Å². The maximum Gasteiger partial charge on any atom is 0.233 e. The van der Waals surface area contributed by atoms with E-state index in [1.165, 1.54) is 19.3 Å². The van der Waals surface area contributed by atoms with Gasteiger partial charge in [0.25, 0.3) is 0 Å². The van der Waals surface area contributed by atoms with Gasteiger partial charge in [-0.3, -0.25) is 15.1 Å². The van der Waals surface area contributed by atoms with E-state index >= 15 is 0 Å². The summed E-state index contributed by atoms with van der Waals surface area (Å²) in [5, 5.41) is 0. The van der Waals surface area contributed by atoms with Crippen LogP contribution in [0.3, 0.4) is 0 Å². The van der Waals surface area contributed by atoms with E-state index in [-0.39, 0.29) is 5.91 Å². The number of nitrogens with zero attached hydrogens (tertiary/aromatic N) is 1. The van der Waals surface area contributed by atoms with Gasteiger partial charge in [0.15, 0.2) is 0 Å². The van der Waals surface area contributed by atoms with Crippen molar-refractivity contribution in [2.24, 2.45) is 11.8 Å². The minimum atomic E-state index is -0.0588. The molecule has 1 amide bonds. The van der Waals surface area contributed by atoms with E-state index in [2.05, 4.69) is 31.1 Å². The summed E-state index contributed by atoms with van der Waals surface area (Å²) in [6, 6.07) is 1.25. The molecule has 0 aromatic heterocycles. The summed E-state index contributed by atoms with van der Waals surface area (Å²) in [4.78, 5) is 13.7. The first-order valence-electron chi connectivity index (χ1n) is 6.79. The Balaban J connectivity index is 2.32. The Morgan fingerprint density at radius 2 is 2.00 bits per heavy atom. The number of hydrogen-bond acceptors (Lipinski definition) is 3. The molecule has 0 aliphatic heterocycles. The molecule has 0 heterocycles. The summed E-state index contributed by atoms with van der Waals surface area (Å²) >= 11 is 0. The van der Waals surface area contributed by atoms with Crippen molar-refractivity contribution in [3.8, 4) is 0 Å². The van der Waals surface area contributed by atoms with Crippen LogP contribution in [0.1, 0.15) is 52.9 Å². The molecule has 0 aromatic carbocycles. The first-order valence-corrected chi connectivity index (χ1v) is 6.79. The molecular weight excluding hydrogens is 214 g/mol. The minimum Gasteiger partial charge on any atom is -0.298 e. The van der Waals surface area contributed by atoms with Gasteiger partial charge in [-0.2, -0.15) is 0 Å². The molecule has 17 heavy (non-hydrogen) atoms. The summed E-state index contributed by atoms with van der Waals surface area (Å²) in [7, 11) is 0. The lowest BCUT2D eigenvalue weighted by Gasteiger charge is -2.29. The Kier molecular flexibility index (Phi) is 5.92. The zero-order valence-electron chi connectivity index (χ0n) is 11.4. The number of hydrogen-bond donors (Lipinski definition) is 2. The standard InChI is InChI=1S/C13H27N3O/c1-10(2)8-9-16(12-5-6-12)11(3)4-7-13(17)15-14/h10-12H,4-9,14H2,1-3H3,(H,15,17). The number of hydrazine groups is 1. The van der Waals surface area contributed by atoms with Crippen LogP contribution in [0.15, 0.2) is 0 Å². The van der Waals surface area contributed by atoms with E-state index in [9.17, 15) is 4.79 Å². The molecule has 100 valence electrons. The van der Waals surface area contributed by atoms with E-state index in [0.29, 0.717) is 12.5 Å². The summed E-state index contributed by atoms with van der Waals surface area (Å²) in [6.45, 7) is 7.91. The van der Waals surface area contributed by atoms with Crippen LogP contribution >= 0.6 is 0 Å². The lowest BCUT2D eigenvalue weighted by Crippen LogP contribution is -2.38. The molecule has 3 N–H and O–H groups in total. The largest absolute Gasteiger partial charge is 0.298 e. The lowest BCUT2D eigenvalue weighted by atomic mass is 10.1. The third kappa shape index (κ3) is 5.50. The molecule has 1 atom stereocenters. The first-order chi connectivity index (χ1) is 8.04. The molecule has 0 radical (unpaired) electrons. The highest BCUT2D eigenvalue weighted by Gasteiger charge is 2.31. The van der Waals surface area contributed by atoms with Crippen LogP contribution in [0.4, 0.5) is 0 Å². The lowest BCUT2D eigenvalue weighted by molar-refractivity contribution is -0.121. The SMILES string of the molecule is CC(C)CCN(C(C)CCC(=O)NN)C1CC1. The van der Waals surface area contributed by atoms with Gasteiger partial charge in [-0.05, 0) is 45.1 Å². The Morgan fingerprint density at radius 1 is 1.35 bits per heavy atom. The van der Waals surface area contributed by atoms with Gasteiger partial charge in [-0.15, -0.1) is 0 Å². The van der Waals surface area contributed by atoms with Crippen molar-refractivity contribution in [1.82, 2.24) is 10.3 Å². The van der Waals surface area contributed by atoms with Crippen molar-refractivity contribution < 1.29 is 4.79 Å². The molecule has 4 heteroatoms. The van der Waals surface area contributed by atoms with E-state index in [1.54, 1.807) is 0 Å². The smallest absolute Gasteiger partial charge is 0.233 e. The van der Waals surface area contributed by atoms with Crippen molar-refractivity contribution in [2.75, 3.05) is 6.54 Å². The average Bonchev–Trinajstić information content (AvgIpc) is 3.09. The molecule has 1 aliphatic carbocycles. The monoisotopic (exact) mass is 241 g/mol. The van der Waals surface area contributed by atoms with Gasteiger partial charge in [0, 0.05) is 18.5 Å². The number of nitrogens with one attached hydrogen (secondary N) is 1. The summed E-state index contributed by atoms with van der Waals surface area (Å²) in [5.41, 5.74) is 2.20. The van der Waals surface area contributed by atoms with Crippen LogP contribution in [0.5, 0.6) is 0 Å². The topological polar surface area (TPSA) is 58.4 Å². The quantitative estimate of drug-likeness (QED) is 0.386. The zero-order chi connectivity index (χ0) is 12.8. The molecule has 1 saturated carbocycles. The third-order valence-corrected chi connectivity index (χ3v) is 3.50. The van der Waals surface area contributed by atoms with Crippen LogP contribution in [0.2, 0.25) is 0 Å². The fraction of sp³-hybridized carbons (Fsp3) is 0.923. The van der Waals surface area contributed by atoms with Crippen molar-refractivity contribution in [3.63, 3.8) is 0 Å². The molecular formula is C13H27N3O. The highest BCUT2D eigenvalue weighted by molar-refractivity contribution is 5.75. The maximum atomic E-state index is 11.1. The van der Waals surface area contributed by atoms with Crippen LogP contribution in [-0.4, -0.2) is 29.4 Å². The van der Waals surface area contributed by atoms with E-state index in [0.717, 1.165) is 24.9 Å². The fourth-order valence-electron chi connectivity index (χ4n) is 2.15. The second kappa shape index (κ2) is 6.97. The first kappa shape index (κ1) is 14.5. The number of nitrogens with two attached hydrogens (primary N) is 1. The fourth-order valence-corrected chi connectivity index (χ4v) is 2.15. The van der Waals surface area contributed by atoms with Gasteiger partial charge in [-0.25, -0.2) is 5.84 Å². The molecule has 1 fully saturated rings. The normalized spacial score (nSPS) is 17.5. The van der Waals surface area contributed by atoms with Crippen LogP contribution in [-0.2, 0) is 4.79 Å². The van der Waals surface area contributed by atoms with Crippen molar-refractivity contribution in [3.05, 3.63) is 0 Å². The van der Waals surface area contributed by atoms with Gasteiger partial charge in [-0.1, -0.05) is 13.8 Å². The molecule has 0 spiro atoms. The molecule has 1 rings (SSSR count). The van der Waals surface area contributed by atoms with Crippen LogP contribution < -0.4 is 11.3 Å². The molecule has 1 aliphatic rings. The van der Waals surface area contributed by atoms with E-state index in [4.69, 9.17) is 5.84 Å². The molecule has 1 unspecified atom stereocenters. The van der Waals surface area contributed by atoms with Crippen molar-refractivity contribution in [2.45, 2.75) is 65.0 Å². The Bertz CT molecular complexity index is 239. The maximum absolute atomic E-state index is 11.1. The van der Waals surface area contributed by atoms with E-state index in [1.807, 2.05) is 0 Å². The highest BCUT2D eigenvalue weighted by atomic mass is 16.2. The number of rotatable bonds is 8. The van der Waals surface area contributed by atoms with Gasteiger partial charge >= 0.3 is 0 Å². The number of carbonyl (C=O) groups is 1. The van der Waals surface area contributed by atoms with Gasteiger partial charge in [0.05, 0.1) is 0 Å². The Labute approximate surface area is 105 Å². The van der Waals surface area contributed by atoms with E-state index < -0.39 is 0 Å². The summed E-state index contributed by atoms with van der Waals surface area (Å²) in [5.74, 6) is 5.78. The second-order valence-electron chi connectivity index (χ2n) is 5.61. The number of amides is 1. The zero-order valence-corrected chi connectivity index (χ0v) is 11.4. The van der Waals surface area contributed by atoms with Gasteiger partial charge < -0.3 is 0 Å². The molecule has 4 nitrogen and oxygen atoms in total. The summed E-state index contributed by atoms with van der Waals surface area (Å²) in [6.07, 6.45) is 5.32. The van der Waals surface area contributed by atoms with Gasteiger partial charge in [0.1, 0.15) is 0 Å². The Hall–Kier alpha value is -0.610. The average molecular weight is 241 g/mol. The number of carbonyl (C=O) groups excluding carboxylic acids is 1. The van der Waals surface area contributed by atoms with Crippen molar-refractivity contribution in [1.29, 1.82) is 0 Å². The Morgan fingerprint density at radius 3 is 2.47 bits per heavy atom. The third-order valence-electron chi connectivity index (χ3n) is 3.50. The molecule has 0 aromatic rings. The minimum absolute atomic E-state index is 0.0588. The highest BCUT2D eigenvalue weighted by Crippen LogP contribution is 2.30.